The van der Waals surface area contributed by atoms with E-state index in [0.29, 0.717) is 11.8 Å². The Morgan fingerprint density at radius 2 is 2.00 bits per heavy atom. The summed E-state index contributed by atoms with van der Waals surface area (Å²) in [5.41, 5.74) is 3.51. The molecular formula is C15H21N3O. The first-order valence-corrected chi connectivity index (χ1v) is 6.81. The summed E-state index contributed by atoms with van der Waals surface area (Å²) < 4.78 is 5.69. The lowest BCUT2D eigenvalue weighted by atomic mass is 10.1. The van der Waals surface area contributed by atoms with Crippen molar-refractivity contribution in [3.05, 3.63) is 35.2 Å². The van der Waals surface area contributed by atoms with E-state index in [1.807, 2.05) is 6.07 Å². The van der Waals surface area contributed by atoms with Crippen molar-refractivity contribution in [2.45, 2.75) is 33.6 Å². The first kappa shape index (κ1) is 13.7. The van der Waals surface area contributed by atoms with Gasteiger partial charge < -0.3 is 9.73 Å². The van der Waals surface area contributed by atoms with Crippen molar-refractivity contribution < 1.29 is 4.42 Å². The zero-order chi connectivity index (χ0) is 13.7. The number of benzene rings is 1. The standard InChI is InChI=1S/C15H21N3O/c1-4-16-9-5-6-14-17-18-15(19-14)13-8-7-11(2)12(3)10-13/h7-8,10,16H,4-6,9H2,1-3H3. The Kier molecular flexibility index (Phi) is 4.68. The second kappa shape index (κ2) is 6.48. The van der Waals surface area contributed by atoms with Crippen LogP contribution < -0.4 is 5.32 Å². The van der Waals surface area contributed by atoms with Crippen LogP contribution in [0.2, 0.25) is 0 Å². The van der Waals surface area contributed by atoms with Gasteiger partial charge in [0.2, 0.25) is 11.8 Å². The zero-order valence-electron chi connectivity index (χ0n) is 11.9. The number of nitrogens with one attached hydrogen (secondary N) is 1. The molecular weight excluding hydrogens is 238 g/mol. The highest BCUT2D eigenvalue weighted by Gasteiger charge is 2.08. The molecule has 2 rings (SSSR count). The van der Waals surface area contributed by atoms with E-state index in [1.54, 1.807) is 0 Å². The predicted molar refractivity (Wildman–Crippen MR) is 76.1 cm³/mol. The largest absolute Gasteiger partial charge is 0.421 e. The monoisotopic (exact) mass is 259 g/mol. The van der Waals surface area contributed by atoms with Gasteiger partial charge >= 0.3 is 0 Å². The topological polar surface area (TPSA) is 51.0 Å². The molecule has 0 aliphatic carbocycles. The van der Waals surface area contributed by atoms with E-state index in [0.717, 1.165) is 31.5 Å². The van der Waals surface area contributed by atoms with Crippen molar-refractivity contribution in [3.63, 3.8) is 0 Å². The molecule has 1 heterocycles. The van der Waals surface area contributed by atoms with Gasteiger partial charge in [0, 0.05) is 12.0 Å². The molecule has 4 heteroatoms. The molecule has 1 N–H and O–H groups in total. The Morgan fingerprint density at radius 3 is 2.74 bits per heavy atom. The van der Waals surface area contributed by atoms with Crippen LogP contribution in [-0.2, 0) is 6.42 Å². The number of rotatable bonds is 6. The SMILES string of the molecule is CCNCCCc1nnc(-c2ccc(C)c(C)c2)o1. The van der Waals surface area contributed by atoms with Crippen molar-refractivity contribution in [2.24, 2.45) is 0 Å². The second-order valence-electron chi connectivity index (χ2n) is 4.76. The number of nitrogens with zero attached hydrogens (tertiary/aromatic N) is 2. The van der Waals surface area contributed by atoms with Crippen LogP contribution in [0.3, 0.4) is 0 Å². The molecule has 0 bridgehead atoms. The van der Waals surface area contributed by atoms with Crippen LogP contribution in [0.25, 0.3) is 11.5 Å². The van der Waals surface area contributed by atoms with Crippen LogP contribution in [0.5, 0.6) is 0 Å². The van der Waals surface area contributed by atoms with Gasteiger partial charge in [-0.1, -0.05) is 13.0 Å². The van der Waals surface area contributed by atoms with Crippen LogP contribution in [0.1, 0.15) is 30.4 Å². The molecule has 0 atom stereocenters. The van der Waals surface area contributed by atoms with E-state index in [1.165, 1.54) is 11.1 Å². The summed E-state index contributed by atoms with van der Waals surface area (Å²) in [6, 6.07) is 6.20. The fraction of sp³-hybridized carbons (Fsp3) is 0.467. The van der Waals surface area contributed by atoms with Crippen LogP contribution in [0.15, 0.2) is 22.6 Å². The molecule has 0 saturated carbocycles. The molecule has 0 saturated heterocycles. The number of aryl methyl sites for hydroxylation is 3. The molecule has 102 valence electrons. The first-order valence-electron chi connectivity index (χ1n) is 6.81. The Bertz CT molecular complexity index is 534. The Hall–Kier alpha value is -1.68. The van der Waals surface area contributed by atoms with E-state index in [9.17, 15) is 0 Å². The molecule has 4 nitrogen and oxygen atoms in total. The van der Waals surface area contributed by atoms with Gasteiger partial charge in [-0.2, -0.15) is 0 Å². The molecule has 0 spiro atoms. The van der Waals surface area contributed by atoms with E-state index >= 15 is 0 Å². The lowest BCUT2D eigenvalue weighted by Crippen LogP contribution is -2.14. The van der Waals surface area contributed by atoms with Crippen molar-refractivity contribution in [2.75, 3.05) is 13.1 Å². The lowest BCUT2D eigenvalue weighted by molar-refractivity contribution is 0.492. The van der Waals surface area contributed by atoms with Crippen LogP contribution in [-0.4, -0.2) is 23.3 Å². The van der Waals surface area contributed by atoms with Crippen LogP contribution in [0.4, 0.5) is 0 Å². The molecule has 0 fully saturated rings. The quantitative estimate of drug-likeness (QED) is 0.810. The van der Waals surface area contributed by atoms with Gasteiger partial charge in [0.1, 0.15) is 0 Å². The van der Waals surface area contributed by atoms with Gasteiger partial charge in [-0.25, -0.2) is 0 Å². The van der Waals surface area contributed by atoms with Gasteiger partial charge in [0.25, 0.3) is 0 Å². The summed E-state index contributed by atoms with van der Waals surface area (Å²) in [5, 5.41) is 11.5. The first-order chi connectivity index (χ1) is 9.20. The summed E-state index contributed by atoms with van der Waals surface area (Å²) >= 11 is 0. The average Bonchev–Trinajstić information content (AvgIpc) is 2.87. The second-order valence-corrected chi connectivity index (χ2v) is 4.76. The van der Waals surface area contributed by atoms with Crippen molar-refractivity contribution in [1.82, 2.24) is 15.5 Å². The minimum Gasteiger partial charge on any atom is -0.421 e. The summed E-state index contributed by atoms with van der Waals surface area (Å²) in [7, 11) is 0. The van der Waals surface area contributed by atoms with Crippen molar-refractivity contribution >= 4 is 0 Å². The van der Waals surface area contributed by atoms with Gasteiger partial charge in [-0.15, -0.1) is 10.2 Å². The van der Waals surface area contributed by atoms with E-state index in [4.69, 9.17) is 4.42 Å². The highest BCUT2D eigenvalue weighted by Crippen LogP contribution is 2.21. The van der Waals surface area contributed by atoms with Gasteiger partial charge in [-0.3, -0.25) is 0 Å². The smallest absolute Gasteiger partial charge is 0.247 e. The minimum atomic E-state index is 0.613. The van der Waals surface area contributed by atoms with Gasteiger partial charge in [-0.05, 0) is 56.6 Å². The number of aromatic nitrogens is 2. The molecule has 1 aromatic carbocycles. The summed E-state index contributed by atoms with van der Waals surface area (Å²) in [5.74, 6) is 1.33. The average molecular weight is 259 g/mol. The van der Waals surface area contributed by atoms with Crippen LogP contribution in [0, 0.1) is 13.8 Å². The maximum atomic E-state index is 5.69. The highest BCUT2D eigenvalue weighted by atomic mass is 16.4. The summed E-state index contributed by atoms with van der Waals surface area (Å²) in [4.78, 5) is 0. The normalized spacial score (nSPS) is 10.9. The van der Waals surface area contributed by atoms with E-state index in [-0.39, 0.29) is 0 Å². The number of hydrogen-bond donors (Lipinski definition) is 1. The van der Waals surface area contributed by atoms with Gasteiger partial charge in [0.15, 0.2) is 0 Å². The molecule has 0 radical (unpaired) electrons. The highest BCUT2D eigenvalue weighted by molar-refractivity contribution is 5.55. The van der Waals surface area contributed by atoms with E-state index < -0.39 is 0 Å². The molecule has 0 amide bonds. The minimum absolute atomic E-state index is 0.613. The van der Waals surface area contributed by atoms with Crippen molar-refractivity contribution in [3.8, 4) is 11.5 Å². The Balaban J connectivity index is 2.01. The molecule has 2 aromatic rings. The predicted octanol–water partition coefficient (Wildman–Crippen LogP) is 2.90. The molecule has 0 unspecified atom stereocenters. The number of hydrogen-bond acceptors (Lipinski definition) is 4. The maximum Gasteiger partial charge on any atom is 0.247 e. The molecule has 0 aliphatic heterocycles. The maximum absolute atomic E-state index is 5.69. The molecule has 1 aromatic heterocycles. The van der Waals surface area contributed by atoms with Crippen molar-refractivity contribution in [1.29, 1.82) is 0 Å². The summed E-state index contributed by atoms with van der Waals surface area (Å²) in [6.07, 6.45) is 1.84. The fourth-order valence-electron chi connectivity index (χ4n) is 1.89. The van der Waals surface area contributed by atoms with E-state index in [2.05, 4.69) is 48.4 Å². The fourth-order valence-corrected chi connectivity index (χ4v) is 1.89. The lowest BCUT2D eigenvalue weighted by Gasteiger charge is -2.01. The third-order valence-electron chi connectivity index (χ3n) is 3.21. The Morgan fingerprint density at radius 1 is 1.16 bits per heavy atom. The van der Waals surface area contributed by atoms with Gasteiger partial charge in [0.05, 0.1) is 0 Å². The summed E-state index contributed by atoms with van der Waals surface area (Å²) in [6.45, 7) is 8.27. The third-order valence-corrected chi connectivity index (χ3v) is 3.21. The Labute approximate surface area is 114 Å². The van der Waals surface area contributed by atoms with Crippen LogP contribution >= 0.6 is 0 Å². The zero-order valence-corrected chi connectivity index (χ0v) is 11.9. The molecule has 0 aliphatic rings. The molecule has 19 heavy (non-hydrogen) atoms. The third kappa shape index (κ3) is 3.64.